The molecule has 9 nitrogen and oxygen atoms in total. The number of rotatable bonds is 4. The summed E-state index contributed by atoms with van der Waals surface area (Å²) in [4.78, 5) is 44.1. The van der Waals surface area contributed by atoms with E-state index in [1.807, 2.05) is 44.2 Å². The summed E-state index contributed by atoms with van der Waals surface area (Å²) in [6.45, 7) is 4.04. The van der Waals surface area contributed by atoms with E-state index in [-0.39, 0.29) is 28.8 Å². The summed E-state index contributed by atoms with van der Waals surface area (Å²) in [6.07, 6.45) is 4.50. The number of pyridine rings is 1. The van der Waals surface area contributed by atoms with Gasteiger partial charge in [-0.1, -0.05) is 18.2 Å². The lowest BCUT2D eigenvalue weighted by atomic mass is 9.92. The van der Waals surface area contributed by atoms with Crippen LogP contribution in [-0.2, 0) is 32.4 Å². The quantitative estimate of drug-likeness (QED) is 0.292. The second-order valence-corrected chi connectivity index (χ2v) is 14.2. The summed E-state index contributed by atoms with van der Waals surface area (Å²) < 4.78 is 26.8. The third kappa shape index (κ3) is 5.86. The first-order valence-electron chi connectivity index (χ1n) is 14.9. The van der Waals surface area contributed by atoms with E-state index in [1.165, 1.54) is 4.90 Å². The number of aryl methyl sites for hydroxylation is 2. The fraction of sp³-hybridized carbons (Fsp3) is 0.324. The summed E-state index contributed by atoms with van der Waals surface area (Å²) in [5, 5.41) is 7.17. The maximum Gasteiger partial charge on any atom is 0.255 e. The van der Waals surface area contributed by atoms with Crippen molar-refractivity contribution in [1.82, 2.24) is 9.88 Å². The number of anilines is 2. The molecule has 228 valence electrons. The van der Waals surface area contributed by atoms with Crippen LogP contribution in [0, 0.1) is 13.8 Å². The molecule has 3 aromatic carbocycles. The van der Waals surface area contributed by atoms with E-state index in [1.54, 1.807) is 37.5 Å². The van der Waals surface area contributed by atoms with E-state index in [4.69, 9.17) is 0 Å². The molecule has 2 aliphatic heterocycles. The number of fused-ring (bicyclic) bond motifs is 10. The summed E-state index contributed by atoms with van der Waals surface area (Å²) in [5.41, 5.74) is 5.28. The van der Waals surface area contributed by atoms with Crippen LogP contribution < -0.4 is 16.2 Å². The lowest BCUT2D eigenvalue weighted by molar-refractivity contribution is -0.131. The molecule has 2 amide bonds. The minimum atomic E-state index is -3.57. The average molecular weight is 613 g/mol. The zero-order chi connectivity index (χ0) is 31.2. The summed E-state index contributed by atoms with van der Waals surface area (Å²) >= 11 is 0. The van der Waals surface area contributed by atoms with Crippen LogP contribution in [0.2, 0.25) is 0 Å². The molecular formula is C34H36N4O5S. The van der Waals surface area contributed by atoms with Crippen molar-refractivity contribution < 1.29 is 18.0 Å². The Morgan fingerprint density at radius 1 is 0.909 bits per heavy atom. The van der Waals surface area contributed by atoms with Gasteiger partial charge in [-0.15, -0.1) is 0 Å². The highest BCUT2D eigenvalue weighted by atomic mass is 32.2. The molecule has 1 atom stereocenters. The van der Waals surface area contributed by atoms with Crippen LogP contribution in [0.1, 0.15) is 59.5 Å². The first kappa shape index (κ1) is 29.6. The first-order valence-corrected chi connectivity index (χ1v) is 16.5. The van der Waals surface area contributed by atoms with E-state index in [0.717, 1.165) is 27.6 Å². The van der Waals surface area contributed by atoms with E-state index in [2.05, 4.69) is 15.6 Å². The largest absolute Gasteiger partial charge is 0.370 e. The number of nitrogens with one attached hydrogen (secondary N) is 3. The standard InChI is InChI=1S/C34H36N4O5S/c1-20-15-23-16-21(2)28(20)5-4-6-31(39)36-25-9-12-30(44(42,43)27-10-11-27)24(17-25)19-38(3)34(41)32(23)37-26-8-7-22-13-14-35-33(40)29(22)18-26/h7-9,12-18,27,32,37H,4-6,10-11,19H2,1-3H3,(H,35,40)(H,36,39). The molecule has 4 aromatic rings. The van der Waals surface area contributed by atoms with Crippen molar-refractivity contribution in [2.75, 3.05) is 17.7 Å². The molecule has 1 fully saturated rings. The molecule has 4 bridgehead atoms. The van der Waals surface area contributed by atoms with Crippen LogP contribution in [-0.4, -0.2) is 42.4 Å². The predicted octanol–water partition coefficient (Wildman–Crippen LogP) is 5.17. The van der Waals surface area contributed by atoms with Gasteiger partial charge in [-0.3, -0.25) is 14.4 Å². The van der Waals surface area contributed by atoms with Gasteiger partial charge in [-0.2, -0.15) is 0 Å². The lowest BCUT2D eigenvalue weighted by Crippen LogP contribution is -2.35. The summed E-state index contributed by atoms with van der Waals surface area (Å²) in [5.74, 6) is -0.411. The number of benzene rings is 3. The Balaban J connectivity index is 1.44. The Morgan fingerprint density at radius 2 is 1.66 bits per heavy atom. The molecule has 1 saturated carbocycles. The van der Waals surface area contributed by atoms with Gasteiger partial charge in [0, 0.05) is 43.0 Å². The zero-order valence-corrected chi connectivity index (χ0v) is 25.9. The number of nitrogens with zero attached hydrogens (tertiary/aromatic N) is 1. The molecule has 10 heteroatoms. The smallest absolute Gasteiger partial charge is 0.255 e. The fourth-order valence-corrected chi connectivity index (χ4v) is 8.00. The molecule has 0 spiro atoms. The number of carbonyl (C=O) groups is 2. The maximum atomic E-state index is 14.3. The summed E-state index contributed by atoms with van der Waals surface area (Å²) in [7, 11) is -1.92. The van der Waals surface area contributed by atoms with E-state index < -0.39 is 21.1 Å². The first-order chi connectivity index (χ1) is 21.0. The number of hydrogen-bond donors (Lipinski definition) is 3. The molecule has 3 N–H and O–H groups in total. The third-order valence-corrected chi connectivity index (χ3v) is 11.0. The third-order valence-electron chi connectivity index (χ3n) is 8.61. The van der Waals surface area contributed by atoms with Gasteiger partial charge in [0.15, 0.2) is 9.84 Å². The minimum absolute atomic E-state index is 0.0233. The minimum Gasteiger partial charge on any atom is -0.370 e. The average Bonchev–Trinajstić information content (AvgIpc) is 3.83. The molecular weight excluding hydrogens is 576 g/mol. The molecule has 0 radical (unpaired) electrons. The van der Waals surface area contributed by atoms with Crippen molar-refractivity contribution in [3.63, 3.8) is 0 Å². The number of aromatic nitrogens is 1. The van der Waals surface area contributed by atoms with Crippen molar-refractivity contribution in [3.05, 3.63) is 99.0 Å². The highest BCUT2D eigenvalue weighted by Crippen LogP contribution is 2.36. The van der Waals surface area contributed by atoms with Crippen molar-refractivity contribution >= 4 is 43.8 Å². The number of sulfone groups is 1. The SMILES string of the molecule is Cc1cc2cc(C)c1CCCC(=O)Nc1ccc(S(=O)(=O)C3CC3)c(c1)CN(C)C(=O)C2Nc1ccc2cc[nH]c(=O)c2c1. The van der Waals surface area contributed by atoms with Crippen molar-refractivity contribution in [3.8, 4) is 0 Å². The zero-order valence-electron chi connectivity index (χ0n) is 25.1. The number of hydrogen-bond acceptors (Lipinski definition) is 6. The van der Waals surface area contributed by atoms with Crippen molar-refractivity contribution in [2.24, 2.45) is 0 Å². The number of amides is 2. The van der Waals surface area contributed by atoms with Crippen LogP contribution in [0.3, 0.4) is 0 Å². The number of aromatic amines is 1. The van der Waals surface area contributed by atoms with Gasteiger partial charge in [0.2, 0.25) is 11.8 Å². The van der Waals surface area contributed by atoms with Crippen LogP contribution >= 0.6 is 0 Å². The topological polar surface area (TPSA) is 128 Å². The molecule has 0 saturated heterocycles. The van der Waals surface area contributed by atoms with Gasteiger partial charge in [-0.05, 0) is 109 Å². The van der Waals surface area contributed by atoms with Gasteiger partial charge < -0.3 is 20.5 Å². The van der Waals surface area contributed by atoms with Crippen LogP contribution in [0.15, 0.2) is 70.5 Å². The number of carbonyl (C=O) groups excluding carboxylic acids is 2. The monoisotopic (exact) mass is 612 g/mol. The Kier molecular flexibility index (Phi) is 7.79. The Morgan fingerprint density at radius 3 is 2.39 bits per heavy atom. The van der Waals surface area contributed by atoms with Crippen LogP contribution in [0.25, 0.3) is 10.8 Å². The molecule has 44 heavy (non-hydrogen) atoms. The normalized spacial score (nSPS) is 18.0. The highest BCUT2D eigenvalue weighted by Gasteiger charge is 2.38. The van der Waals surface area contributed by atoms with Gasteiger partial charge in [0.1, 0.15) is 6.04 Å². The molecule has 1 unspecified atom stereocenters. The maximum absolute atomic E-state index is 14.3. The molecule has 3 heterocycles. The van der Waals surface area contributed by atoms with Gasteiger partial charge in [0.05, 0.1) is 10.1 Å². The number of likely N-dealkylation sites (N-methyl/N-ethyl adjacent to an activating group) is 1. The molecule has 1 aliphatic carbocycles. The second-order valence-electron chi connectivity index (χ2n) is 12.0. The second kappa shape index (κ2) is 11.6. The Labute approximate surface area is 256 Å². The van der Waals surface area contributed by atoms with E-state index in [9.17, 15) is 22.8 Å². The predicted molar refractivity (Wildman–Crippen MR) is 172 cm³/mol. The van der Waals surface area contributed by atoms with Crippen molar-refractivity contribution in [2.45, 2.75) is 68.7 Å². The van der Waals surface area contributed by atoms with Gasteiger partial charge in [-0.25, -0.2) is 8.42 Å². The highest BCUT2D eigenvalue weighted by molar-refractivity contribution is 7.92. The Hall–Kier alpha value is -4.44. The molecule has 3 aliphatic rings. The van der Waals surface area contributed by atoms with Crippen LogP contribution in [0.4, 0.5) is 11.4 Å². The van der Waals surface area contributed by atoms with Crippen molar-refractivity contribution in [1.29, 1.82) is 0 Å². The van der Waals surface area contributed by atoms with E-state index in [0.29, 0.717) is 54.4 Å². The summed E-state index contributed by atoms with van der Waals surface area (Å²) in [6, 6.07) is 15.3. The Bertz CT molecular complexity index is 1940. The fourth-order valence-electron chi connectivity index (χ4n) is 6.13. The number of H-pyrrole nitrogens is 1. The molecule has 1 aromatic heterocycles. The molecule has 7 rings (SSSR count). The van der Waals surface area contributed by atoms with E-state index >= 15 is 0 Å². The van der Waals surface area contributed by atoms with Gasteiger partial charge >= 0.3 is 0 Å². The van der Waals surface area contributed by atoms with Crippen LogP contribution in [0.5, 0.6) is 0 Å². The van der Waals surface area contributed by atoms with Gasteiger partial charge in [0.25, 0.3) is 5.56 Å². The lowest BCUT2D eigenvalue weighted by Gasteiger charge is -2.28.